The molecule has 2 heterocycles. The Balaban J connectivity index is 1.74. The van der Waals surface area contributed by atoms with Gasteiger partial charge in [-0.1, -0.05) is 18.2 Å². The summed E-state index contributed by atoms with van der Waals surface area (Å²) in [6.07, 6.45) is 4.73. The number of nitrogens with one attached hydrogen (secondary N) is 2. The van der Waals surface area contributed by atoms with Gasteiger partial charge in [-0.15, -0.1) is 0 Å². The zero-order chi connectivity index (χ0) is 12.4. The van der Waals surface area contributed by atoms with Crippen molar-refractivity contribution in [2.24, 2.45) is 7.05 Å². The topological polar surface area (TPSA) is 29.0 Å². The number of aryl methyl sites for hydroxylation is 1. The SMILES string of the molecule is Cn1cc(CNC2CCNCC2)c2ccccc21. The number of hydrogen-bond donors (Lipinski definition) is 2. The van der Waals surface area contributed by atoms with E-state index in [4.69, 9.17) is 0 Å². The van der Waals surface area contributed by atoms with E-state index in [1.165, 1.54) is 29.3 Å². The van der Waals surface area contributed by atoms with Crippen molar-refractivity contribution in [2.45, 2.75) is 25.4 Å². The molecule has 1 aromatic carbocycles. The van der Waals surface area contributed by atoms with E-state index < -0.39 is 0 Å². The van der Waals surface area contributed by atoms with Crippen LogP contribution in [0.5, 0.6) is 0 Å². The van der Waals surface area contributed by atoms with Gasteiger partial charge in [-0.05, 0) is 37.6 Å². The van der Waals surface area contributed by atoms with Gasteiger partial charge in [0.05, 0.1) is 0 Å². The van der Waals surface area contributed by atoms with Crippen LogP contribution < -0.4 is 10.6 Å². The summed E-state index contributed by atoms with van der Waals surface area (Å²) in [6.45, 7) is 3.27. The largest absolute Gasteiger partial charge is 0.350 e. The standard InChI is InChI=1S/C15H21N3/c1-18-11-12(14-4-2-3-5-15(14)18)10-17-13-6-8-16-9-7-13/h2-5,11,13,16-17H,6-10H2,1H3. The minimum absolute atomic E-state index is 0.671. The van der Waals surface area contributed by atoms with Crippen molar-refractivity contribution >= 4 is 10.9 Å². The summed E-state index contributed by atoms with van der Waals surface area (Å²) < 4.78 is 2.22. The number of aromatic nitrogens is 1. The second-order valence-electron chi connectivity index (χ2n) is 5.19. The van der Waals surface area contributed by atoms with Gasteiger partial charge < -0.3 is 15.2 Å². The lowest BCUT2D eigenvalue weighted by Gasteiger charge is -2.23. The van der Waals surface area contributed by atoms with E-state index in [1.54, 1.807) is 0 Å². The molecule has 0 amide bonds. The minimum Gasteiger partial charge on any atom is -0.350 e. The maximum Gasteiger partial charge on any atom is 0.0481 e. The molecule has 2 aromatic rings. The molecular formula is C15H21N3. The predicted molar refractivity (Wildman–Crippen MR) is 75.7 cm³/mol. The zero-order valence-electron chi connectivity index (χ0n) is 10.9. The van der Waals surface area contributed by atoms with Gasteiger partial charge in [0.15, 0.2) is 0 Å². The van der Waals surface area contributed by atoms with E-state index in [0.717, 1.165) is 19.6 Å². The third-order valence-electron chi connectivity index (χ3n) is 3.90. The molecule has 1 fully saturated rings. The summed E-state index contributed by atoms with van der Waals surface area (Å²) in [5, 5.41) is 8.47. The first-order chi connectivity index (χ1) is 8.84. The van der Waals surface area contributed by atoms with Crippen LogP contribution in [-0.4, -0.2) is 23.7 Å². The number of fused-ring (bicyclic) bond motifs is 1. The van der Waals surface area contributed by atoms with Crippen LogP contribution >= 0.6 is 0 Å². The lowest BCUT2D eigenvalue weighted by molar-refractivity contribution is 0.387. The second-order valence-corrected chi connectivity index (χ2v) is 5.19. The molecule has 0 aliphatic carbocycles. The predicted octanol–water partition coefficient (Wildman–Crippen LogP) is 2.02. The molecule has 0 spiro atoms. The van der Waals surface area contributed by atoms with Crippen LogP contribution in [0.2, 0.25) is 0 Å². The second kappa shape index (κ2) is 5.12. The normalized spacial score (nSPS) is 17.4. The molecule has 2 N–H and O–H groups in total. The first-order valence-electron chi connectivity index (χ1n) is 6.81. The first kappa shape index (κ1) is 11.8. The number of piperidine rings is 1. The summed E-state index contributed by atoms with van der Waals surface area (Å²) in [5.41, 5.74) is 2.73. The van der Waals surface area contributed by atoms with Gasteiger partial charge in [-0.3, -0.25) is 0 Å². The molecule has 3 nitrogen and oxygen atoms in total. The molecular weight excluding hydrogens is 222 g/mol. The molecule has 1 aliphatic heterocycles. The molecule has 96 valence electrons. The number of rotatable bonds is 3. The van der Waals surface area contributed by atoms with Crippen molar-refractivity contribution in [3.8, 4) is 0 Å². The van der Waals surface area contributed by atoms with Gasteiger partial charge >= 0.3 is 0 Å². The molecule has 18 heavy (non-hydrogen) atoms. The van der Waals surface area contributed by atoms with Crippen LogP contribution in [0, 0.1) is 0 Å². The number of hydrogen-bond acceptors (Lipinski definition) is 2. The monoisotopic (exact) mass is 243 g/mol. The van der Waals surface area contributed by atoms with Crippen molar-refractivity contribution in [3.63, 3.8) is 0 Å². The zero-order valence-corrected chi connectivity index (χ0v) is 10.9. The third-order valence-corrected chi connectivity index (χ3v) is 3.90. The molecule has 0 unspecified atom stereocenters. The van der Waals surface area contributed by atoms with E-state index in [9.17, 15) is 0 Å². The lowest BCUT2D eigenvalue weighted by Crippen LogP contribution is -2.39. The molecule has 0 radical (unpaired) electrons. The fourth-order valence-corrected chi connectivity index (χ4v) is 2.85. The Hall–Kier alpha value is -1.32. The maximum atomic E-state index is 3.69. The first-order valence-corrected chi connectivity index (χ1v) is 6.81. The fourth-order valence-electron chi connectivity index (χ4n) is 2.85. The Labute approximate surface area is 108 Å². The molecule has 3 rings (SSSR count). The highest BCUT2D eigenvalue weighted by molar-refractivity contribution is 5.83. The minimum atomic E-state index is 0.671. The molecule has 3 heteroatoms. The van der Waals surface area contributed by atoms with E-state index >= 15 is 0 Å². The van der Waals surface area contributed by atoms with Crippen molar-refractivity contribution < 1.29 is 0 Å². The van der Waals surface area contributed by atoms with E-state index in [-0.39, 0.29) is 0 Å². The fraction of sp³-hybridized carbons (Fsp3) is 0.467. The molecule has 0 bridgehead atoms. The Morgan fingerprint density at radius 3 is 2.89 bits per heavy atom. The smallest absolute Gasteiger partial charge is 0.0481 e. The Morgan fingerprint density at radius 1 is 1.28 bits per heavy atom. The van der Waals surface area contributed by atoms with Crippen LogP contribution in [0.3, 0.4) is 0 Å². The Bertz CT molecular complexity index is 524. The van der Waals surface area contributed by atoms with E-state index in [2.05, 4.69) is 52.7 Å². The number of nitrogens with zero attached hydrogens (tertiary/aromatic N) is 1. The van der Waals surface area contributed by atoms with E-state index in [0.29, 0.717) is 6.04 Å². The average molecular weight is 243 g/mol. The quantitative estimate of drug-likeness (QED) is 0.863. The molecule has 0 saturated carbocycles. The summed E-state index contributed by atoms with van der Waals surface area (Å²) in [7, 11) is 2.12. The molecule has 1 aliphatic rings. The Kier molecular flexibility index (Phi) is 3.35. The highest BCUT2D eigenvalue weighted by atomic mass is 15.0. The van der Waals surface area contributed by atoms with Crippen LogP contribution in [0.25, 0.3) is 10.9 Å². The van der Waals surface area contributed by atoms with Crippen molar-refractivity contribution in [2.75, 3.05) is 13.1 Å². The van der Waals surface area contributed by atoms with E-state index in [1.807, 2.05) is 0 Å². The highest BCUT2D eigenvalue weighted by Gasteiger charge is 2.13. The van der Waals surface area contributed by atoms with Crippen LogP contribution in [0.1, 0.15) is 18.4 Å². The average Bonchev–Trinajstić information content (AvgIpc) is 2.75. The molecule has 1 aromatic heterocycles. The summed E-state index contributed by atoms with van der Waals surface area (Å²) in [5.74, 6) is 0. The van der Waals surface area contributed by atoms with Gasteiger partial charge in [0.25, 0.3) is 0 Å². The highest BCUT2D eigenvalue weighted by Crippen LogP contribution is 2.20. The maximum absolute atomic E-state index is 3.69. The third kappa shape index (κ3) is 2.28. The van der Waals surface area contributed by atoms with Gasteiger partial charge in [0.1, 0.15) is 0 Å². The van der Waals surface area contributed by atoms with Gasteiger partial charge in [-0.2, -0.15) is 0 Å². The lowest BCUT2D eigenvalue weighted by atomic mass is 10.1. The van der Waals surface area contributed by atoms with Gasteiger partial charge in [-0.25, -0.2) is 0 Å². The summed E-state index contributed by atoms with van der Waals surface area (Å²) in [4.78, 5) is 0. The summed E-state index contributed by atoms with van der Waals surface area (Å²) in [6, 6.07) is 9.30. The molecule has 1 saturated heterocycles. The van der Waals surface area contributed by atoms with Crippen molar-refractivity contribution in [1.82, 2.24) is 15.2 Å². The van der Waals surface area contributed by atoms with Crippen molar-refractivity contribution in [1.29, 1.82) is 0 Å². The van der Waals surface area contributed by atoms with Crippen LogP contribution in [0.15, 0.2) is 30.5 Å². The molecule has 0 atom stereocenters. The van der Waals surface area contributed by atoms with Crippen molar-refractivity contribution in [3.05, 3.63) is 36.0 Å². The van der Waals surface area contributed by atoms with Gasteiger partial charge in [0.2, 0.25) is 0 Å². The number of benzene rings is 1. The summed E-state index contributed by atoms with van der Waals surface area (Å²) >= 11 is 0. The van der Waals surface area contributed by atoms with Crippen LogP contribution in [-0.2, 0) is 13.6 Å². The Morgan fingerprint density at radius 2 is 2.06 bits per heavy atom. The number of para-hydroxylation sites is 1. The van der Waals surface area contributed by atoms with Gasteiger partial charge in [0, 0.05) is 36.7 Å². The van der Waals surface area contributed by atoms with Crippen LogP contribution in [0.4, 0.5) is 0 Å².